The summed E-state index contributed by atoms with van der Waals surface area (Å²) < 4.78 is 0. The number of aliphatic hydroxyl groups is 1. The van der Waals surface area contributed by atoms with Crippen LogP contribution in [0.15, 0.2) is 54.6 Å². The van der Waals surface area contributed by atoms with Gasteiger partial charge < -0.3 is 20.2 Å². The van der Waals surface area contributed by atoms with Crippen molar-refractivity contribution in [2.24, 2.45) is 5.92 Å². The molecule has 27 heavy (non-hydrogen) atoms. The van der Waals surface area contributed by atoms with Gasteiger partial charge in [-0.3, -0.25) is 0 Å². The highest BCUT2D eigenvalue weighted by Crippen LogP contribution is 2.38. The van der Waals surface area contributed by atoms with Crippen LogP contribution < -0.4 is 5.32 Å². The molecule has 2 amide bonds. The van der Waals surface area contributed by atoms with E-state index in [1.807, 2.05) is 50.5 Å². The quantitative estimate of drug-likeness (QED) is 0.842. The Hall–Kier alpha value is -2.08. The van der Waals surface area contributed by atoms with Gasteiger partial charge in [-0.25, -0.2) is 4.79 Å². The first-order chi connectivity index (χ1) is 12.9. The molecule has 1 heterocycles. The molecule has 2 unspecified atom stereocenters. The van der Waals surface area contributed by atoms with Crippen LogP contribution in [0, 0.1) is 5.92 Å². The van der Waals surface area contributed by atoms with Gasteiger partial charge in [0.25, 0.3) is 0 Å². The van der Waals surface area contributed by atoms with Crippen molar-refractivity contribution in [2.75, 3.05) is 39.0 Å². The van der Waals surface area contributed by atoms with E-state index in [1.165, 1.54) is 0 Å². The molecule has 0 saturated carbocycles. The average molecular weight is 388 g/mol. The molecule has 2 atom stereocenters. The number of hydrogen-bond acceptors (Lipinski definition) is 3. The fourth-order valence-corrected chi connectivity index (χ4v) is 3.92. The molecule has 1 fully saturated rings. The molecular formula is C21H26ClN3O2. The summed E-state index contributed by atoms with van der Waals surface area (Å²) in [5.41, 5.74) is 0.630. The highest BCUT2D eigenvalue weighted by atomic mass is 35.5. The van der Waals surface area contributed by atoms with Crippen LogP contribution in [0.5, 0.6) is 0 Å². The second-order valence-corrected chi connectivity index (χ2v) is 7.82. The minimum atomic E-state index is -0.946. The zero-order chi connectivity index (χ0) is 19.4. The van der Waals surface area contributed by atoms with Gasteiger partial charge in [-0.05, 0) is 44.3 Å². The van der Waals surface area contributed by atoms with Crippen LogP contribution in [0.3, 0.4) is 0 Å². The predicted molar refractivity (Wildman–Crippen MR) is 109 cm³/mol. The third kappa shape index (κ3) is 4.61. The van der Waals surface area contributed by atoms with Crippen molar-refractivity contribution in [1.29, 1.82) is 0 Å². The minimum absolute atomic E-state index is 0.0891. The second kappa shape index (κ2) is 8.30. The molecule has 144 valence electrons. The molecule has 0 bridgehead atoms. The Labute approximate surface area is 165 Å². The molecule has 2 N–H and O–H groups in total. The molecule has 5 nitrogen and oxygen atoms in total. The first-order valence-corrected chi connectivity index (χ1v) is 9.50. The van der Waals surface area contributed by atoms with E-state index in [9.17, 15) is 9.90 Å². The summed E-state index contributed by atoms with van der Waals surface area (Å²) in [7, 11) is 3.97. The van der Waals surface area contributed by atoms with Crippen LogP contribution in [0.4, 0.5) is 10.5 Å². The normalized spacial score (nSPS) is 22.7. The van der Waals surface area contributed by atoms with Crippen LogP contribution in [0.2, 0.25) is 5.02 Å². The molecule has 0 aromatic heterocycles. The van der Waals surface area contributed by atoms with Gasteiger partial charge in [-0.1, -0.05) is 48.0 Å². The van der Waals surface area contributed by atoms with E-state index in [4.69, 9.17) is 11.6 Å². The number of hydrogen-bond donors (Lipinski definition) is 2. The maximum Gasteiger partial charge on any atom is 0.321 e. The molecule has 2 aromatic carbocycles. The summed E-state index contributed by atoms with van der Waals surface area (Å²) in [6, 6.07) is 16.7. The number of amides is 2. The summed E-state index contributed by atoms with van der Waals surface area (Å²) in [6.45, 7) is 1.66. The first-order valence-electron chi connectivity index (χ1n) is 9.12. The van der Waals surface area contributed by atoms with E-state index in [2.05, 4.69) is 10.2 Å². The molecule has 0 aliphatic carbocycles. The Morgan fingerprint density at radius 2 is 2.00 bits per heavy atom. The fraction of sp³-hybridized carbons (Fsp3) is 0.381. The molecule has 1 aliphatic rings. The van der Waals surface area contributed by atoms with Crippen LogP contribution >= 0.6 is 11.6 Å². The number of anilines is 1. The fourth-order valence-electron chi connectivity index (χ4n) is 3.73. The summed E-state index contributed by atoms with van der Waals surface area (Å²) in [6.07, 6.45) is 0.498. The molecule has 2 aromatic rings. The molecule has 1 saturated heterocycles. The molecule has 1 aliphatic heterocycles. The van der Waals surface area contributed by atoms with E-state index in [0.717, 1.165) is 5.56 Å². The number of halogens is 1. The molecular weight excluding hydrogens is 362 g/mol. The number of nitrogens with one attached hydrogen (secondary N) is 1. The maximum atomic E-state index is 12.7. The van der Waals surface area contributed by atoms with Gasteiger partial charge in [0, 0.05) is 36.3 Å². The third-order valence-corrected chi connectivity index (χ3v) is 5.34. The topological polar surface area (TPSA) is 55.8 Å². The van der Waals surface area contributed by atoms with E-state index in [0.29, 0.717) is 36.8 Å². The second-order valence-electron chi connectivity index (χ2n) is 7.39. The number of carbonyl (C=O) groups excluding carboxylic acids is 1. The Bertz CT molecular complexity index is 784. The van der Waals surface area contributed by atoms with Crippen molar-refractivity contribution in [3.8, 4) is 0 Å². The monoisotopic (exact) mass is 387 g/mol. The summed E-state index contributed by atoms with van der Waals surface area (Å²) in [4.78, 5) is 16.6. The van der Waals surface area contributed by atoms with Crippen molar-refractivity contribution in [3.63, 3.8) is 0 Å². The molecule has 6 heteroatoms. The van der Waals surface area contributed by atoms with Gasteiger partial charge in [-0.2, -0.15) is 0 Å². The van der Waals surface area contributed by atoms with Gasteiger partial charge in [0.15, 0.2) is 0 Å². The first kappa shape index (κ1) is 19.7. The number of benzene rings is 2. The Kier molecular flexibility index (Phi) is 6.05. The van der Waals surface area contributed by atoms with Crippen molar-refractivity contribution >= 4 is 23.3 Å². The maximum absolute atomic E-state index is 12.7. The zero-order valence-electron chi connectivity index (χ0n) is 15.7. The summed E-state index contributed by atoms with van der Waals surface area (Å²) in [5, 5.41) is 15.0. The summed E-state index contributed by atoms with van der Waals surface area (Å²) in [5.74, 6) is -0.0891. The van der Waals surface area contributed by atoms with E-state index in [-0.39, 0.29) is 11.9 Å². The van der Waals surface area contributed by atoms with Crippen LogP contribution in [-0.4, -0.2) is 54.7 Å². The number of likely N-dealkylation sites (tertiary alicyclic amines) is 1. The number of piperidine rings is 1. The Balaban J connectivity index is 1.76. The van der Waals surface area contributed by atoms with Gasteiger partial charge >= 0.3 is 6.03 Å². The number of rotatable bonds is 4. The predicted octanol–water partition coefficient (Wildman–Crippen LogP) is 3.64. The Morgan fingerprint density at radius 1 is 1.26 bits per heavy atom. The van der Waals surface area contributed by atoms with E-state index < -0.39 is 5.60 Å². The van der Waals surface area contributed by atoms with Crippen molar-refractivity contribution in [3.05, 3.63) is 65.2 Å². The van der Waals surface area contributed by atoms with Crippen LogP contribution in [0.1, 0.15) is 12.0 Å². The molecule has 3 rings (SSSR count). The van der Waals surface area contributed by atoms with Crippen molar-refractivity contribution < 1.29 is 9.90 Å². The molecule has 0 spiro atoms. The lowest BCUT2D eigenvalue weighted by Crippen LogP contribution is -2.55. The average Bonchev–Trinajstić information content (AvgIpc) is 2.64. The number of urea groups is 1. The lowest BCUT2D eigenvalue weighted by atomic mass is 9.75. The van der Waals surface area contributed by atoms with Crippen molar-refractivity contribution in [1.82, 2.24) is 9.80 Å². The smallest absolute Gasteiger partial charge is 0.321 e. The number of nitrogens with zero attached hydrogens (tertiary/aromatic N) is 2. The van der Waals surface area contributed by atoms with Gasteiger partial charge in [0.1, 0.15) is 0 Å². The van der Waals surface area contributed by atoms with Gasteiger partial charge in [-0.15, -0.1) is 0 Å². The lowest BCUT2D eigenvalue weighted by Gasteiger charge is -2.45. The standard InChI is InChI=1S/C21H26ClN3O2/c1-24(2)14-17-15-25(20(26)23-19-10-6-9-18(22)13-19)12-11-21(17,27)16-7-4-3-5-8-16/h3-10,13,17,27H,11-12,14-15H2,1-2H3,(H,23,26). The lowest BCUT2D eigenvalue weighted by molar-refractivity contribution is -0.0749. The third-order valence-electron chi connectivity index (χ3n) is 5.10. The SMILES string of the molecule is CN(C)CC1CN(C(=O)Nc2cccc(Cl)c2)CCC1(O)c1ccccc1. The van der Waals surface area contributed by atoms with Gasteiger partial charge in [0.2, 0.25) is 0 Å². The summed E-state index contributed by atoms with van der Waals surface area (Å²) >= 11 is 6.00. The molecule has 0 radical (unpaired) electrons. The highest BCUT2D eigenvalue weighted by molar-refractivity contribution is 6.30. The van der Waals surface area contributed by atoms with Crippen LogP contribution in [0.25, 0.3) is 0 Å². The van der Waals surface area contributed by atoms with Crippen LogP contribution in [-0.2, 0) is 5.60 Å². The van der Waals surface area contributed by atoms with E-state index in [1.54, 1.807) is 23.1 Å². The zero-order valence-corrected chi connectivity index (χ0v) is 16.5. The van der Waals surface area contributed by atoms with E-state index >= 15 is 0 Å². The number of carbonyl (C=O) groups is 1. The highest BCUT2D eigenvalue weighted by Gasteiger charge is 2.44. The minimum Gasteiger partial charge on any atom is -0.385 e. The van der Waals surface area contributed by atoms with Crippen molar-refractivity contribution in [2.45, 2.75) is 12.0 Å². The Morgan fingerprint density at radius 3 is 2.67 bits per heavy atom. The largest absolute Gasteiger partial charge is 0.385 e. The van der Waals surface area contributed by atoms with Gasteiger partial charge in [0.05, 0.1) is 5.60 Å².